The first-order chi connectivity index (χ1) is 5.70. The smallest absolute Gasteiger partial charge is 0.277 e. The van der Waals surface area contributed by atoms with Crippen LogP contribution in [0.3, 0.4) is 0 Å². The number of nitrogen functional groups attached to an aromatic ring is 1. The fourth-order valence-electron chi connectivity index (χ4n) is 1.12. The quantitative estimate of drug-likeness (QED) is 0.615. The largest absolute Gasteiger partial charge is 0.398 e. The van der Waals surface area contributed by atoms with Crippen LogP contribution in [0.2, 0.25) is 5.02 Å². The highest BCUT2D eigenvalue weighted by atomic mass is 35.5. The molecule has 1 aliphatic heterocycles. The van der Waals surface area contributed by atoms with Crippen LogP contribution in [0, 0.1) is 0 Å². The Morgan fingerprint density at radius 3 is 2.92 bits per heavy atom. The van der Waals surface area contributed by atoms with Gasteiger partial charge in [0.2, 0.25) is 0 Å². The van der Waals surface area contributed by atoms with Crippen molar-refractivity contribution < 1.29 is 4.79 Å². The molecule has 0 unspecified atom stereocenters. The number of hydrogen-bond acceptors (Lipinski definition) is 2. The van der Waals surface area contributed by atoms with Crippen molar-refractivity contribution in [3.8, 4) is 0 Å². The normalized spacial score (nSPS) is 13.6. The second kappa shape index (κ2) is 2.32. The van der Waals surface area contributed by atoms with E-state index in [1.807, 2.05) is 0 Å². The van der Waals surface area contributed by atoms with E-state index in [0.29, 0.717) is 21.8 Å². The van der Waals surface area contributed by atoms with Crippen LogP contribution in [-0.2, 0) is 0 Å². The number of nitrogens with two attached hydrogens (primary N) is 1. The Labute approximate surface area is 73.9 Å². The van der Waals surface area contributed by atoms with Crippen molar-refractivity contribution >= 4 is 29.4 Å². The number of rotatable bonds is 0. The summed E-state index contributed by atoms with van der Waals surface area (Å²) in [5.41, 5.74) is 7.15. The van der Waals surface area contributed by atoms with Crippen LogP contribution in [0.15, 0.2) is 17.1 Å². The van der Waals surface area contributed by atoms with Crippen molar-refractivity contribution in [3.63, 3.8) is 0 Å². The van der Waals surface area contributed by atoms with Crippen molar-refractivity contribution in [2.24, 2.45) is 4.99 Å². The molecule has 0 fully saturated rings. The van der Waals surface area contributed by atoms with E-state index in [2.05, 4.69) is 4.99 Å². The van der Waals surface area contributed by atoms with Crippen LogP contribution < -0.4 is 5.73 Å². The number of aliphatic imine (C=N–C) groups is 1. The van der Waals surface area contributed by atoms with Gasteiger partial charge in [-0.05, 0) is 12.1 Å². The van der Waals surface area contributed by atoms with Crippen LogP contribution in [-0.4, -0.2) is 12.1 Å². The maximum atomic E-state index is 11.0. The number of carbonyl (C=O) groups is 1. The van der Waals surface area contributed by atoms with Gasteiger partial charge in [-0.25, -0.2) is 4.99 Å². The third-order valence-electron chi connectivity index (χ3n) is 1.75. The summed E-state index contributed by atoms with van der Waals surface area (Å²) in [6, 6.07) is 3.24. The van der Waals surface area contributed by atoms with Gasteiger partial charge >= 0.3 is 0 Å². The van der Waals surface area contributed by atoms with Gasteiger partial charge in [0.25, 0.3) is 5.91 Å². The fourth-order valence-corrected chi connectivity index (χ4v) is 1.33. The van der Waals surface area contributed by atoms with Gasteiger partial charge in [0.05, 0.1) is 16.3 Å². The maximum Gasteiger partial charge on any atom is 0.277 e. The molecule has 0 radical (unpaired) electrons. The molecule has 2 N–H and O–H groups in total. The van der Waals surface area contributed by atoms with Gasteiger partial charge < -0.3 is 5.73 Å². The van der Waals surface area contributed by atoms with E-state index in [-0.39, 0.29) is 5.91 Å². The van der Waals surface area contributed by atoms with Crippen LogP contribution in [0.5, 0.6) is 0 Å². The molecule has 0 spiro atoms. The van der Waals surface area contributed by atoms with Crippen LogP contribution in [0.25, 0.3) is 0 Å². The van der Waals surface area contributed by atoms with Crippen molar-refractivity contribution in [3.05, 3.63) is 28.3 Å². The van der Waals surface area contributed by atoms with Gasteiger partial charge in [0.1, 0.15) is 0 Å². The number of nitrogens with zero attached hydrogens (tertiary/aromatic N) is 1. The third-order valence-corrected chi connectivity index (χ3v) is 2.17. The summed E-state index contributed by atoms with van der Waals surface area (Å²) in [6.45, 7) is 0. The predicted octanol–water partition coefficient (Wildman–Crippen LogP) is 1.49. The Kier molecular flexibility index (Phi) is 1.41. The summed E-state index contributed by atoms with van der Waals surface area (Å²) >= 11 is 5.84. The first kappa shape index (κ1) is 7.31. The summed E-state index contributed by atoms with van der Waals surface area (Å²) in [5.74, 6) is -0.257. The minimum absolute atomic E-state index is 0.257. The predicted molar refractivity (Wildman–Crippen MR) is 47.8 cm³/mol. The Morgan fingerprint density at radius 1 is 1.42 bits per heavy atom. The zero-order valence-electron chi connectivity index (χ0n) is 6.04. The summed E-state index contributed by atoms with van der Waals surface area (Å²) in [4.78, 5) is 14.6. The monoisotopic (exact) mass is 180 g/mol. The Balaban J connectivity index is 2.75. The molecule has 0 bridgehead atoms. The summed E-state index contributed by atoms with van der Waals surface area (Å²) in [7, 11) is 0. The van der Waals surface area contributed by atoms with Gasteiger partial charge in [-0.15, -0.1) is 0 Å². The number of benzene rings is 1. The van der Waals surface area contributed by atoms with E-state index >= 15 is 0 Å². The highest BCUT2D eigenvalue weighted by molar-refractivity contribution is 6.37. The number of halogens is 1. The molecule has 12 heavy (non-hydrogen) atoms. The fraction of sp³-hybridized carbons (Fsp3) is 0. The minimum Gasteiger partial charge on any atom is -0.398 e. The second-order valence-electron chi connectivity index (χ2n) is 2.49. The van der Waals surface area contributed by atoms with E-state index in [9.17, 15) is 4.79 Å². The van der Waals surface area contributed by atoms with E-state index in [4.69, 9.17) is 17.3 Å². The zero-order valence-corrected chi connectivity index (χ0v) is 6.80. The van der Waals surface area contributed by atoms with Gasteiger partial charge in [0, 0.05) is 11.8 Å². The number of fused-ring (bicyclic) bond motifs is 1. The Bertz CT molecular complexity index is 398. The average molecular weight is 181 g/mol. The van der Waals surface area contributed by atoms with Gasteiger partial charge in [-0.2, -0.15) is 0 Å². The molecule has 3 nitrogen and oxygen atoms in total. The molecular formula is C8H5ClN2O. The number of carbonyl (C=O) groups excluding carboxylic acids is 1. The SMILES string of the molecule is Nc1ccc2c(c1Cl)C=NC2=O. The highest BCUT2D eigenvalue weighted by Gasteiger charge is 2.18. The number of hydrogen-bond donors (Lipinski definition) is 1. The molecule has 4 heteroatoms. The maximum absolute atomic E-state index is 11.0. The van der Waals surface area contributed by atoms with E-state index < -0.39 is 0 Å². The van der Waals surface area contributed by atoms with Crippen molar-refractivity contribution in [2.75, 3.05) is 5.73 Å². The summed E-state index contributed by atoms with van der Waals surface area (Å²) in [6.07, 6.45) is 1.44. The van der Waals surface area contributed by atoms with E-state index in [1.165, 1.54) is 6.21 Å². The Hall–Kier alpha value is -1.35. The molecule has 1 aromatic rings. The first-order valence-electron chi connectivity index (χ1n) is 3.36. The van der Waals surface area contributed by atoms with E-state index in [1.54, 1.807) is 12.1 Å². The van der Waals surface area contributed by atoms with Crippen molar-refractivity contribution in [1.29, 1.82) is 0 Å². The van der Waals surface area contributed by atoms with Gasteiger partial charge in [0.15, 0.2) is 0 Å². The zero-order chi connectivity index (χ0) is 8.72. The third kappa shape index (κ3) is 0.833. The number of anilines is 1. The van der Waals surface area contributed by atoms with Crippen LogP contribution in [0.1, 0.15) is 15.9 Å². The second-order valence-corrected chi connectivity index (χ2v) is 2.87. The van der Waals surface area contributed by atoms with Gasteiger partial charge in [-0.3, -0.25) is 4.79 Å². The Morgan fingerprint density at radius 2 is 2.17 bits per heavy atom. The molecule has 2 rings (SSSR count). The molecule has 0 saturated carbocycles. The lowest BCUT2D eigenvalue weighted by molar-refractivity contribution is 0.101. The molecule has 1 heterocycles. The molecule has 60 valence electrons. The average Bonchev–Trinajstić information content (AvgIpc) is 2.41. The molecule has 0 atom stereocenters. The molecule has 0 aromatic heterocycles. The summed E-state index contributed by atoms with van der Waals surface area (Å²) in [5, 5.41) is 0.405. The van der Waals surface area contributed by atoms with Crippen molar-refractivity contribution in [1.82, 2.24) is 0 Å². The topological polar surface area (TPSA) is 55.4 Å². The summed E-state index contributed by atoms with van der Waals surface area (Å²) < 4.78 is 0. The molecule has 1 aromatic carbocycles. The van der Waals surface area contributed by atoms with Gasteiger partial charge in [-0.1, -0.05) is 11.6 Å². The molecule has 0 aliphatic carbocycles. The molecule has 1 amide bonds. The first-order valence-corrected chi connectivity index (χ1v) is 3.74. The van der Waals surface area contributed by atoms with Crippen molar-refractivity contribution in [2.45, 2.75) is 0 Å². The lowest BCUT2D eigenvalue weighted by Gasteiger charge is -2.00. The lowest BCUT2D eigenvalue weighted by atomic mass is 10.1. The van der Waals surface area contributed by atoms with Crippen LogP contribution in [0.4, 0.5) is 5.69 Å². The molecule has 1 aliphatic rings. The number of amides is 1. The lowest BCUT2D eigenvalue weighted by Crippen LogP contribution is -1.95. The highest BCUT2D eigenvalue weighted by Crippen LogP contribution is 2.28. The minimum atomic E-state index is -0.257. The van der Waals surface area contributed by atoms with Crippen LogP contribution >= 0.6 is 11.6 Å². The molecular weight excluding hydrogens is 176 g/mol. The van der Waals surface area contributed by atoms with E-state index in [0.717, 1.165) is 0 Å². The standard InChI is InChI=1S/C8H5ClN2O/c9-7-5-3-11-8(12)4(5)1-2-6(7)10/h1-3H,10H2. The molecule has 0 saturated heterocycles.